The van der Waals surface area contributed by atoms with Gasteiger partial charge in [-0.25, -0.2) is 0 Å². The first-order valence-electron chi connectivity index (χ1n) is 5.10. The lowest BCUT2D eigenvalue weighted by molar-refractivity contribution is 0.520. The summed E-state index contributed by atoms with van der Waals surface area (Å²) >= 11 is 5.72. The highest BCUT2D eigenvalue weighted by molar-refractivity contribution is 6.54. The first-order valence-corrected chi connectivity index (χ1v) is 7.54. The zero-order valence-corrected chi connectivity index (χ0v) is 11.6. The second-order valence-corrected chi connectivity index (χ2v) is 7.77. The fraction of sp³-hybridized carbons (Fsp3) is 0.500. The number of hydrogen-bond donors (Lipinski definition) is 0. The van der Waals surface area contributed by atoms with Gasteiger partial charge < -0.3 is 4.43 Å². The predicted molar refractivity (Wildman–Crippen MR) is 68.0 cm³/mol. The van der Waals surface area contributed by atoms with Crippen molar-refractivity contribution in [2.45, 2.75) is 38.2 Å². The van der Waals surface area contributed by atoms with E-state index in [4.69, 9.17) is 16.0 Å². The molecule has 0 spiro atoms. The lowest BCUT2D eigenvalue weighted by atomic mass is 10.2. The highest BCUT2D eigenvalue weighted by Gasteiger charge is 2.40. The smallest absolute Gasteiger partial charge is 0.353 e. The summed E-state index contributed by atoms with van der Waals surface area (Å²) in [5, 5.41) is 0.260. The van der Waals surface area contributed by atoms with Crippen LogP contribution in [0.2, 0.25) is 11.6 Å². The first kappa shape index (κ1) is 12.6. The Morgan fingerprint density at radius 1 is 1.20 bits per heavy atom. The second-order valence-electron chi connectivity index (χ2n) is 4.69. The third kappa shape index (κ3) is 3.88. The minimum atomic E-state index is -0.810. The van der Waals surface area contributed by atoms with E-state index in [1.54, 1.807) is 0 Å². The molecule has 0 amide bonds. The Kier molecular flexibility index (Phi) is 4.23. The van der Waals surface area contributed by atoms with E-state index in [9.17, 15) is 0 Å². The Morgan fingerprint density at radius 3 is 2.13 bits per heavy atom. The molecule has 15 heavy (non-hydrogen) atoms. The van der Waals surface area contributed by atoms with E-state index in [1.165, 1.54) is 0 Å². The topological polar surface area (TPSA) is 9.23 Å². The van der Waals surface area contributed by atoms with Crippen molar-refractivity contribution in [3.05, 3.63) is 29.8 Å². The van der Waals surface area contributed by atoms with Gasteiger partial charge in [-0.15, -0.1) is 11.6 Å². The average molecular weight is 242 g/mol. The van der Waals surface area contributed by atoms with Crippen LogP contribution in [0, 0.1) is 0 Å². The van der Waals surface area contributed by atoms with Gasteiger partial charge in [0.2, 0.25) is 0 Å². The van der Waals surface area contributed by atoms with Crippen LogP contribution in [0.4, 0.5) is 0 Å². The summed E-state index contributed by atoms with van der Waals surface area (Å²) < 4.78 is 5.94. The van der Waals surface area contributed by atoms with E-state index >= 15 is 0 Å². The Labute approximate surface area is 99.1 Å². The van der Waals surface area contributed by atoms with Crippen molar-refractivity contribution in [2.24, 2.45) is 0 Å². The molecule has 1 nitrogen and oxygen atoms in total. The Balaban J connectivity index is 2.65. The summed E-state index contributed by atoms with van der Waals surface area (Å²) in [6.07, 6.45) is 0. The summed E-state index contributed by atoms with van der Waals surface area (Å²) in [5.41, 5.74) is 1.13. The quantitative estimate of drug-likeness (QED) is 0.569. The molecule has 0 fully saturated rings. The third-order valence-electron chi connectivity index (χ3n) is 2.40. The number of halogens is 1. The van der Waals surface area contributed by atoms with Crippen LogP contribution in [0.15, 0.2) is 24.3 Å². The van der Waals surface area contributed by atoms with E-state index in [-0.39, 0.29) is 5.04 Å². The van der Waals surface area contributed by atoms with Crippen LogP contribution >= 0.6 is 11.6 Å². The standard InChI is InChI=1S/C12H18ClOSi/c1-12(2,3)15(4)14-11-7-5-10(9-13)6-8-11/h5-8H,9H2,1-4H3/q+1. The fourth-order valence-corrected chi connectivity index (χ4v) is 1.95. The Morgan fingerprint density at radius 2 is 1.73 bits per heavy atom. The van der Waals surface area contributed by atoms with E-state index in [0.29, 0.717) is 5.88 Å². The summed E-state index contributed by atoms with van der Waals surface area (Å²) in [6, 6.07) is 8.02. The van der Waals surface area contributed by atoms with Crippen LogP contribution < -0.4 is 4.43 Å². The SMILES string of the molecule is C[Si+](Oc1ccc(CCl)cc1)C(C)(C)C. The van der Waals surface area contributed by atoms with Gasteiger partial charge in [0.1, 0.15) is 5.04 Å². The number of hydrogen-bond acceptors (Lipinski definition) is 1. The molecule has 0 heterocycles. The van der Waals surface area contributed by atoms with Crippen LogP contribution in [0.3, 0.4) is 0 Å². The van der Waals surface area contributed by atoms with Gasteiger partial charge in [-0.1, -0.05) is 12.1 Å². The molecule has 82 valence electrons. The summed E-state index contributed by atoms with van der Waals surface area (Å²) in [6.45, 7) is 8.84. The number of rotatable bonds is 3. The van der Waals surface area contributed by atoms with Gasteiger partial charge in [-0.2, -0.15) is 0 Å². The third-order valence-corrected chi connectivity index (χ3v) is 5.37. The Bertz CT molecular complexity index is 302. The van der Waals surface area contributed by atoms with Crippen LogP contribution in [-0.4, -0.2) is 9.04 Å². The highest BCUT2D eigenvalue weighted by atomic mass is 35.5. The average Bonchev–Trinajstić information content (AvgIpc) is 2.17. The molecule has 0 aromatic heterocycles. The molecule has 0 N–H and O–H groups in total. The van der Waals surface area contributed by atoms with E-state index < -0.39 is 9.04 Å². The fourth-order valence-electron chi connectivity index (χ4n) is 0.976. The van der Waals surface area contributed by atoms with Crippen LogP contribution in [0.25, 0.3) is 0 Å². The predicted octanol–water partition coefficient (Wildman–Crippen LogP) is 4.23. The lowest BCUT2D eigenvalue weighted by Gasteiger charge is -2.12. The van der Waals surface area contributed by atoms with Crippen LogP contribution in [0.1, 0.15) is 26.3 Å². The minimum absolute atomic E-state index is 0.260. The molecule has 0 unspecified atom stereocenters. The van der Waals surface area contributed by atoms with Crippen molar-refractivity contribution in [3.63, 3.8) is 0 Å². The first-order chi connectivity index (χ1) is 6.93. The van der Waals surface area contributed by atoms with Gasteiger partial charge in [0.05, 0.1) is 6.55 Å². The zero-order valence-electron chi connectivity index (χ0n) is 9.80. The van der Waals surface area contributed by atoms with Gasteiger partial charge in [-0.05, 0) is 38.5 Å². The molecule has 0 atom stereocenters. The van der Waals surface area contributed by atoms with Crippen LogP contribution in [-0.2, 0) is 5.88 Å². The number of alkyl halides is 1. The Hall–Kier alpha value is -0.473. The summed E-state index contributed by atoms with van der Waals surface area (Å²) in [5.74, 6) is 1.51. The van der Waals surface area contributed by atoms with Gasteiger partial charge in [-0.3, -0.25) is 0 Å². The summed E-state index contributed by atoms with van der Waals surface area (Å²) in [4.78, 5) is 0. The van der Waals surface area contributed by atoms with E-state index in [2.05, 4.69) is 27.3 Å². The molecule has 0 saturated carbocycles. The van der Waals surface area contributed by atoms with Crippen molar-refractivity contribution in [1.29, 1.82) is 0 Å². The van der Waals surface area contributed by atoms with Crippen LogP contribution in [0.5, 0.6) is 5.75 Å². The maximum atomic E-state index is 5.94. The number of benzene rings is 1. The lowest BCUT2D eigenvalue weighted by Crippen LogP contribution is -2.28. The van der Waals surface area contributed by atoms with Gasteiger partial charge in [0, 0.05) is 5.88 Å². The normalized spacial score (nSPS) is 11.3. The largest absolute Gasteiger partial charge is 0.544 e. The molecule has 0 aliphatic rings. The molecular formula is C12H18ClOSi+. The molecular weight excluding hydrogens is 224 g/mol. The molecule has 0 aliphatic heterocycles. The van der Waals surface area contributed by atoms with Crippen molar-refractivity contribution < 1.29 is 4.43 Å². The van der Waals surface area contributed by atoms with E-state index in [0.717, 1.165) is 11.3 Å². The molecule has 0 saturated heterocycles. The monoisotopic (exact) mass is 241 g/mol. The second kappa shape index (κ2) is 5.04. The maximum Gasteiger partial charge on any atom is 0.544 e. The maximum absolute atomic E-state index is 5.94. The minimum Gasteiger partial charge on any atom is -0.353 e. The molecule has 0 radical (unpaired) electrons. The summed E-state index contributed by atoms with van der Waals surface area (Å²) in [7, 11) is -0.810. The van der Waals surface area contributed by atoms with Gasteiger partial charge in [0.15, 0.2) is 5.75 Å². The zero-order chi connectivity index (χ0) is 11.5. The molecule has 3 heteroatoms. The van der Waals surface area contributed by atoms with Crippen molar-refractivity contribution >= 4 is 20.6 Å². The molecule has 1 aromatic rings. The highest BCUT2D eigenvalue weighted by Crippen LogP contribution is 2.28. The van der Waals surface area contributed by atoms with Gasteiger partial charge in [0.25, 0.3) is 0 Å². The van der Waals surface area contributed by atoms with Crippen molar-refractivity contribution in [1.82, 2.24) is 0 Å². The molecule has 1 rings (SSSR count). The van der Waals surface area contributed by atoms with E-state index in [1.807, 2.05) is 24.3 Å². The molecule has 0 aliphatic carbocycles. The van der Waals surface area contributed by atoms with Crippen molar-refractivity contribution in [3.8, 4) is 5.75 Å². The molecule has 1 aromatic carbocycles. The molecule has 0 bridgehead atoms. The van der Waals surface area contributed by atoms with Crippen molar-refractivity contribution in [2.75, 3.05) is 0 Å². The van der Waals surface area contributed by atoms with Gasteiger partial charge >= 0.3 is 9.04 Å².